The summed E-state index contributed by atoms with van der Waals surface area (Å²) < 4.78 is 1.97. The number of nitrogens with zero attached hydrogens (tertiary/aromatic N) is 2. The van der Waals surface area contributed by atoms with E-state index in [1.165, 1.54) is 16.7 Å². The highest BCUT2D eigenvalue weighted by atomic mass is 15.3. The van der Waals surface area contributed by atoms with Gasteiger partial charge in [-0.1, -0.05) is 24.6 Å². The number of aromatic nitrogens is 2. The Labute approximate surface area is 102 Å². The van der Waals surface area contributed by atoms with E-state index in [0.29, 0.717) is 5.82 Å². The summed E-state index contributed by atoms with van der Waals surface area (Å²) in [6, 6.07) is 6.30. The number of aryl methyl sites for hydroxylation is 4. The minimum atomic E-state index is 0.584. The van der Waals surface area contributed by atoms with Gasteiger partial charge in [-0.05, 0) is 38.3 Å². The Morgan fingerprint density at radius 2 is 1.71 bits per heavy atom. The largest absolute Gasteiger partial charge is 0.382 e. The summed E-state index contributed by atoms with van der Waals surface area (Å²) in [5.74, 6) is 0.584. The van der Waals surface area contributed by atoms with Crippen LogP contribution in [0.15, 0.2) is 18.2 Å². The number of hydrogen-bond acceptors (Lipinski definition) is 2. The van der Waals surface area contributed by atoms with Gasteiger partial charge in [0.1, 0.15) is 5.82 Å². The smallest absolute Gasteiger partial charge is 0.146 e. The molecule has 0 aliphatic heterocycles. The van der Waals surface area contributed by atoms with Crippen LogP contribution >= 0.6 is 0 Å². The van der Waals surface area contributed by atoms with Gasteiger partial charge in [0.2, 0.25) is 0 Å². The maximum atomic E-state index is 5.79. The van der Waals surface area contributed by atoms with E-state index in [1.807, 2.05) is 10.7 Å². The molecule has 0 saturated carbocycles. The molecule has 0 fully saturated rings. The van der Waals surface area contributed by atoms with Crippen LogP contribution in [0.1, 0.15) is 29.3 Å². The van der Waals surface area contributed by atoms with Crippen molar-refractivity contribution in [2.24, 2.45) is 0 Å². The lowest BCUT2D eigenvalue weighted by molar-refractivity contribution is 0.805. The number of benzene rings is 1. The third kappa shape index (κ3) is 2.05. The van der Waals surface area contributed by atoms with Crippen LogP contribution in [0.2, 0.25) is 0 Å². The first kappa shape index (κ1) is 11.7. The second-order valence-electron chi connectivity index (χ2n) is 4.57. The molecular weight excluding hydrogens is 210 g/mol. The van der Waals surface area contributed by atoms with Crippen LogP contribution in [0, 0.1) is 20.8 Å². The zero-order valence-corrected chi connectivity index (χ0v) is 10.9. The molecule has 0 unspecified atom stereocenters. The number of hydrogen-bond donors (Lipinski definition) is 1. The highest BCUT2D eigenvalue weighted by Crippen LogP contribution is 2.23. The Balaban J connectivity index is 2.67. The molecule has 0 aliphatic rings. The minimum Gasteiger partial charge on any atom is -0.382 e. The quantitative estimate of drug-likeness (QED) is 0.860. The Kier molecular flexibility index (Phi) is 2.92. The second-order valence-corrected chi connectivity index (χ2v) is 4.57. The summed E-state index contributed by atoms with van der Waals surface area (Å²) in [5, 5.41) is 4.40. The first-order chi connectivity index (χ1) is 8.02. The van der Waals surface area contributed by atoms with Gasteiger partial charge in [0.15, 0.2) is 0 Å². The minimum absolute atomic E-state index is 0.584. The van der Waals surface area contributed by atoms with Crippen LogP contribution in [0.25, 0.3) is 5.69 Å². The fourth-order valence-corrected chi connectivity index (χ4v) is 2.39. The summed E-state index contributed by atoms with van der Waals surface area (Å²) >= 11 is 0. The molecule has 0 amide bonds. The number of anilines is 1. The molecule has 2 aromatic rings. The van der Waals surface area contributed by atoms with Crippen molar-refractivity contribution in [1.29, 1.82) is 0 Å². The van der Waals surface area contributed by atoms with Gasteiger partial charge in [0, 0.05) is 11.8 Å². The fourth-order valence-electron chi connectivity index (χ4n) is 2.39. The zero-order chi connectivity index (χ0) is 12.6. The molecule has 90 valence electrons. The van der Waals surface area contributed by atoms with E-state index in [9.17, 15) is 0 Å². The molecule has 0 saturated heterocycles. The summed E-state index contributed by atoms with van der Waals surface area (Å²) in [4.78, 5) is 0. The average molecular weight is 229 g/mol. The summed E-state index contributed by atoms with van der Waals surface area (Å²) in [6.07, 6.45) is 0.928. The molecule has 0 atom stereocenters. The van der Waals surface area contributed by atoms with Crippen molar-refractivity contribution >= 4 is 5.82 Å². The fraction of sp³-hybridized carbons (Fsp3) is 0.357. The van der Waals surface area contributed by atoms with Gasteiger partial charge in [-0.25, -0.2) is 4.68 Å². The van der Waals surface area contributed by atoms with Crippen LogP contribution in [-0.2, 0) is 6.42 Å². The number of nitrogen functional groups attached to an aromatic ring is 1. The highest BCUT2D eigenvalue weighted by Gasteiger charge is 2.11. The van der Waals surface area contributed by atoms with Crippen molar-refractivity contribution in [3.63, 3.8) is 0 Å². The molecule has 17 heavy (non-hydrogen) atoms. The lowest BCUT2D eigenvalue weighted by Crippen LogP contribution is -2.06. The van der Waals surface area contributed by atoms with Gasteiger partial charge >= 0.3 is 0 Å². The van der Waals surface area contributed by atoms with Gasteiger partial charge in [0.25, 0.3) is 0 Å². The Bertz CT molecular complexity index is 530. The molecule has 0 aliphatic carbocycles. The van der Waals surface area contributed by atoms with E-state index in [0.717, 1.165) is 17.8 Å². The maximum absolute atomic E-state index is 5.79. The monoisotopic (exact) mass is 229 g/mol. The SMILES string of the molecule is CCc1cc(N)nn1-c1c(C)cc(C)cc1C. The van der Waals surface area contributed by atoms with E-state index >= 15 is 0 Å². The number of nitrogens with two attached hydrogens (primary N) is 1. The molecule has 3 heteroatoms. The van der Waals surface area contributed by atoms with E-state index < -0.39 is 0 Å². The maximum Gasteiger partial charge on any atom is 0.146 e. The molecule has 0 radical (unpaired) electrons. The van der Waals surface area contributed by atoms with Gasteiger partial charge in [0.05, 0.1) is 5.69 Å². The third-order valence-corrected chi connectivity index (χ3v) is 3.01. The molecule has 0 spiro atoms. The van der Waals surface area contributed by atoms with Crippen molar-refractivity contribution in [3.8, 4) is 5.69 Å². The first-order valence-electron chi connectivity index (χ1n) is 5.95. The van der Waals surface area contributed by atoms with E-state index in [4.69, 9.17) is 5.73 Å². The van der Waals surface area contributed by atoms with Crippen molar-refractivity contribution in [3.05, 3.63) is 40.6 Å². The molecule has 2 N–H and O–H groups in total. The summed E-state index contributed by atoms with van der Waals surface area (Å²) in [6.45, 7) is 8.47. The molecule has 2 rings (SSSR count). The van der Waals surface area contributed by atoms with Crippen LogP contribution < -0.4 is 5.73 Å². The van der Waals surface area contributed by atoms with E-state index in [1.54, 1.807) is 0 Å². The van der Waals surface area contributed by atoms with Gasteiger partial charge in [-0.2, -0.15) is 5.10 Å². The predicted molar refractivity (Wildman–Crippen MR) is 71.6 cm³/mol. The van der Waals surface area contributed by atoms with Crippen LogP contribution in [0.5, 0.6) is 0 Å². The Hall–Kier alpha value is -1.77. The predicted octanol–water partition coefficient (Wildman–Crippen LogP) is 2.94. The molecule has 1 aromatic carbocycles. The van der Waals surface area contributed by atoms with E-state index in [2.05, 4.69) is 44.9 Å². The molecular formula is C14H19N3. The Morgan fingerprint density at radius 3 is 2.24 bits per heavy atom. The molecule has 1 heterocycles. The van der Waals surface area contributed by atoms with Crippen molar-refractivity contribution in [1.82, 2.24) is 9.78 Å². The normalized spacial score (nSPS) is 10.8. The summed E-state index contributed by atoms with van der Waals surface area (Å²) in [7, 11) is 0. The lowest BCUT2D eigenvalue weighted by atomic mass is 10.0. The molecule has 3 nitrogen and oxygen atoms in total. The van der Waals surface area contributed by atoms with Gasteiger partial charge in [-0.3, -0.25) is 0 Å². The standard InChI is InChI=1S/C14H19N3/c1-5-12-8-13(15)16-17(12)14-10(3)6-9(2)7-11(14)4/h6-8H,5H2,1-4H3,(H2,15,16). The second kappa shape index (κ2) is 4.24. The van der Waals surface area contributed by atoms with Gasteiger partial charge < -0.3 is 5.73 Å². The topological polar surface area (TPSA) is 43.8 Å². The molecule has 1 aromatic heterocycles. The highest BCUT2D eigenvalue weighted by molar-refractivity contribution is 5.51. The number of rotatable bonds is 2. The lowest BCUT2D eigenvalue weighted by Gasteiger charge is -2.13. The van der Waals surface area contributed by atoms with Gasteiger partial charge in [-0.15, -0.1) is 0 Å². The zero-order valence-electron chi connectivity index (χ0n) is 10.9. The van der Waals surface area contributed by atoms with E-state index in [-0.39, 0.29) is 0 Å². The third-order valence-electron chi connectivity index (χ3n) is 3.01. The van der Waals surface area contributed by atoms with Crippen molar-refractivity contribution < 1.29 is 0 Å². The average Bonchev–Trinajstić information content (AvgIpc) is 2.58. The molecule has 0 bridgehead atoms. The van der Waals surface area contributed by atoms with Crippen molar-refractivity contribution in [2.75, 3.05) is 5.73 Å². The van der Waals surface area contributed by atoms with Crippen LogP contribution in [0.4, 0.5) is 5.82 Å². The first-order valence-corrected chi connectivity index (χ1v) is 5.95. The Morgan fingerprint density at radius 1 is 1.12 bits per heavy atom. The van der Waals surface area contributed by atoms with Crippen LogP contribution in [-0.4, -0.2) is 9.78 Å². The van der Waals surface area contributed by atoms with Crippen molar-refractivity contribution in [2.45, 2.75) is 34.1 Å². The summed E-state index contributed by atoms with van der Waals surface area (Å²) in [5.41, 5.74) is 11.8. The van der Waals surface area contributed by atoms with Crippen LogP contribution in [0.3, 0.4) is 0 Å².